The smallest absolute Gasteiger partial charge is 0.475 e. The number of aliphatic carboxylic acids is 1. The number of amides is 1. The van der Waals surface area contributed by atoms with Crippen LogP contribution in [-0.2, 0) is 14.3 Å². The van der Waals surface area contributed by atoms with Crippen molar-refractivity contribution in [2.45, 2.75) is 38.5 Å². The number of halogens is 3. The fourth-order valence-electron chi connectivity index (χ4n) is 3.99. The van der Waals surface area contributed by atoms with E-state index in [9.17, 15) is 22.8 Å². The summed E-state index contributed by atoms with van der Waals surface area (Å²) in [4.78, 5) is 36.8. The second-order valence-corrected chi connectivity index (χ2v) is 8.03. The van der Waals surface area contributed by atoms with Gasteiger partial charge in [0, 0.05) is 23.5 Å². The van der Waals surface area contributed by atoms with Crippen molar-refractivity contribution in [2.75, 3.05) is 19.6 Å². The van der Waals surface area contributed by atoms with Crippen LogP contribution in [0.5, 0.6) is 0 Å². The molecule has 11 heteroatoms. The van der Waals surface area contributed by atoms with Crippen LogP contribution in [0.25, 0.3) is 10.9 Å². The quantitative estimate of drug-likeness (QED) is 0.528. The molecule has 0 bridgehead atoms. The molecule has 2 aliphatic rings. The Morgan fingerprint density at radius 1 is 1.28 bits per heavy atom. The van der Waals surface area contributed by atoms with E-state index in [1.807, 2.05) is 25.1 Å². The van der Waals surface area contributed by atoms with Gasteiger partial charge >= 0.3 is 18.1 Å². The fraction of sp³-hybridized carbons (Fsp3) is 0.476. The Balaban J connectivity index is 0.000000360. The molecule has 3 heterocycles. The number of rotatable bonds is 3. The maximum atomic E-state index is 12.5. The molecule has 0 saturated carbocycles. The van der Waals surface area contributed by atoms with E-state index in [0.29, 0.717) is 18.5 Å². The summed E-state index contributed by atoms with van der Waals surface area (Å²) in [5.41, 5.74) is 2.37. The van der Waals surface area contributed by atoms with Crippen LogP contribution in [0.1, 0.15) is 35.2 Å². The Kier molecular flexibility index (Phi) is 6.77. The number of piperidine rings is 1. The number of aromatic nitrogens is 1. The van der Waals surface area contributed by atoms with Crippen LogP contribution in [0.3, 0.4) is 0 Å². The summed E-state index contributed by atoms with van der Waals surface area (Å²) in [7, 11) is 0. The van der Waals surface area contributed by atoms with Crippen molar-refractivity contribution >= 4 is 28.7 Å². The van der Waals surface area contributed by atoms with E-state index in [-0.39, 0.29) is 23.4 Å². The molecule has 174 valence electrons. The molecule has 1 amide bonds. The molecule has 2 aliphatic heterocycles. The zero-order valence-corrected chi connectivity index (χ0v) is 17.3. The molecule has 2 aromatic rings. The molecule has 1 aromatic carbocycles. The molecule has 4 rings (SSSR count). The minimum Gasteiger partial charge on any atom is -0.475 e. The third-order valence-corrected chi connectivity index (χ3v) is 5.70. The molecular weight excluding hydrogens is 431 g/mol. The Morgan fingerprint density at radius 3 is 2.56 bits per heavy atom. The van der Waals surface area contributed by atoms with Crippen LogP contribution >= 0.6 is 0 Å². The number of ether oxygens (including phenoxy) is 1. The van der Waals surface area contributed by atoms with E-state index in [4.69, 9.17) is 14.6 Å². The van der Waals surface area contributed by atoms with Crippen molar-refractivity contribution in [3.8, 4) is 0 Å². The number of cyclic esters (lactones) is 1. The molecule has 2 fully saturated rings. The first-order valence-electron chi connectivity index (χ1n) is 10.1. The van der Waals surface area contributed by atoms with Crippen LogP contribution in [0.15, 0.2) is 24.4 Å². The third-order valence-electron chi connectivity index (χ3n) is 5.70. The van der Waals surface area contributed by atoms with Gasteiger partial charge < -0.3 is 25.5 Å². The number of benzene rings is 1. The number of carbonyl (C=O) groups excluding carboxylic acids is 2. The average molecular weight is 455 g/mol. The van der Waals surface area contributed by atoms with Gasteiger partial charge in [0.25, 0.3) is 5.91 Å². The van der Waals surface area contributed by atoms with Crippen molar-refractivity contribution in [1.82, 2.24) is 15.6 Å². The van der Waals surface area contributed by atoms with Gasteiger partial charge in [0.15, 0.2) is 0 Å². The average Bonchev–Trinajstić information content (AvgIpc) is 3.27. The van der Waals surface area contributed by atoms with Gasteiger partial charge in [0.05, 0.1) is 17.5 Å². The van der Waals surface area contributed by atoms with Crippen molar-refractivity contribution in [3.63, 3.8) is 0 Å². The summed E-state index contributed by atoms with van der Waals surface area (Å²) in [6.07, 6.45) is -1.26. The van der Waals surface area contributed by atoms with Crippen molar-refractivity contribution in [2.24, 2.45) is 5.41 Å². The van der Waals surface area contributed by atoms with Crippen molar-refractivity contribution < 1.29 is 37.4 Å². The van der Waals surface area contributed by atoms with Crippen LogP contribution in [0.2, 0.25) is 0 Å². The Bertz CT molecular complexity index is 1010. The number of fused-ring (bicyclic) bond motifs is 1. The van der Waals surface area contributed by atoms with Crippen LogP contribution in [0, 0.1) is 12.3 Å². The first-order chi connectivity index (χ1) is 15.0. The highest BCUT2D eigenvalue weighted by atomic mass is 19.4. The van der Waals surface area contributed by atoms with E-state index in [1.54, 1.807) is 6.20 Å². The topological polar surface area (TPSA) is 121 Å². The van der Waals surface area contributed by atoms with Crippen molar-refractivity contribution in [3.05, 3.63) is 35.5 Å². The molecule has 0 radical (unpaired) electrons. The summed E-state index contributed by atoms with van der Waals surface area (Å²) in [5, 5.41) is 14.2. The van der Waals surface area contributed by atoms with E-state index in [0.717, 1.165) is 42.4 Å². The van der Waals surface area contributed by atoms with Gasteiger partial charge in [-0.3, -0.25) is 9.59 Å². The summed E-state index contributed by atoms with van der Waals surface area (Å²) in [5.74, 6) is -3.00. The number of hydrogen-bond acceptors (Lipinski definition) is 5. The number of H-pyrrole nitrogens is 1. The summed E-state index contributed by atoms with van der Waals surface area (Å²) < 4.78 is 37.3. The number of carboxylic acid groups (broad SMARTS) is 1. The molecule has 1 aromatic heterocycles. The molecule has 0 aliphatic carbocycles. The number of alkyl halides is 3. The lowest BCUT2D eigenvalue weighted by molar-refractivity contribution is -0.192. The Hall–Kier alpha value is -3.08. The number of aromatic amines is 1. The standard InChI is InChI=1S/C19H23N3O3.C2HF3O2/c1-12-2-3-14-15(11-21-16(14)8-12)17(23)22-10-13-9-19(18(24)25-13)4-6-20-7-5-19;3-2(4,5)1(6)7/h2-3,8,11,13,20-21H,4-7,9-10H2,1H3,(H,22,23);(H,6,7). The fourth-order valence-corrected chi connectivity index (χ4v) is 3.99. The summed E-state index contributed by atoms with van der Waals surface area (Å²) in [6.45, 7) is 4.08. The van der Waals surface area contributed by atoms with Gasteiger partial charge in [0.1, 0.15) is 6.10 Å². The maximum Gasteiger partial charge on any atom is 0.490 e. The van der Waals surface area contributed by atoms with Gasteiger partial charge in [-0.1, -0.05) is 12.1 Å². The second-order valence-electron chi connectivity index (χ2n) is 8.03. The van der Waals surface area contributed by atoms with E-state index in [1.165, 1.54) is 0 Å². The highest BCUT2D eigenvalue weighted by Crippen LogP contribution is 2.41. The van der Waals surface area contributed by atoms with E-state index in [2.05, 4.69) is 15.6 Å². The number of carbonyl (C=O) groups is 3. The van der Waals surface area contributed by atoms with Gasteiger partial charge in [0.2, 0.25) is 0 Å². The highest BCUT2D eigenvalue weighted by molar-refractivity contribution is 6.06. The van der Waals surface area contributed by atoms with Gasteiger partial charge in [-0.15, -0.1) is 0 Å². The van der Waals surface area contributed by atoms with E-state index < -0.39 is 12.1 Å². The van der Waals surface area contributed by atoms with E-state index >= 15 is 0 Å². The second kappa shape index (κ2) is 9.19. The molecule has 4 N–H and O–H groups in total. The third kappa shape index (κ3) is 5.21. The van der Waals surface area contributed by atoms with Gasteiger partial charge in [-0.25, -0.2) is 4.79 Å². The van der Waals surface area contributed by atoms with Gasteiger partial charge in [-0.2, -0.15) is 13.2 Å². The zero-order valence-electron chi connectivity index (χ0n) is 17.3. The minimum absolute atomic E-state index is 0.101. The molecular formula is C21H24F3N3O5. The van der Waals surface area contributed by atoms with Gasteiger partial charge in [-0.05, 0) is 44.5 Å². The molecule has 8 nitrogen and oxygen atoms in total. The SMILES string of the molecule is Cc1ccc2c(C(=O)NCC3CC4(CCNCC4)C(=O)O3)c[nH]c2c1.O=C(O)C(F)(F)F. The lowest BCUT2D eigenvalue weighted by Gasteiger charge is -2.29. The highest BCUT2D eigenvalue weighted by Gasteiger charge is 2.49. The van der Waals surface area contributed by atoms with Crippen LogP contribution < -0.4 is 10.6 Å². The monoisotopic (exact) mass is 455 g/mol. The normalized spacial score (nSPS) is 19.9. The zero-order chi connectivity index (χ0) is 23.5. The first-order valence-corrected chi connectivity index (χ1v) is 10.1. The first kappa shape index (κ1) is 23.6. The predicted octanol–water partition coefficient (Wildman–Crippen LogP) is 2.52. The largest absolute Gasteiger partial charge is 0.490 e. The maximum absolute atomic E-state index is 12.5. The number of hydrogen-bond donors (Lipinski definition) is 4. The summed E-state index contributed by atoms with van der Waals surface area (Å²) in [6, 6.07) is 5.97. The Labute approximate surface area is 181 Å². The number of aryl methyl sites for hydroxylation is 1. The molecule has 32 heavy (non-hydrogen) atoms. The lowest BCUT2D eigenvalue weighted by atomic mass is 9.76. The predicted molar refractivity (Wildman–Crippen MR) is 108 cm³/mol. The number of esters is 1. The van der Waals surface area contributed by atoms with Crippen LogP contribution in [-0.4, -0.2) is 59.9 Å². The number of carboxylic acids is 1. The van der Waals surface area contributed by atoms with Crippen molar-refractivity contribution in [1.29, 1.82) is 0 Å². The lowest BCUT2D eigenvalue weighted by Crippen LogP contribution is -2.39. The molecule has 1 unspecified atom stereocenters. The minimum atomic E-state index is -5.08. The molecule has 1 spiro atoms. The molecule has 2 saturated heterocycles. The summed E-state index contributed by atoms with van der Waals surface area (Å²) >= 11 is 0. The number of nitrogens with one attached hydrogen (secondary N) is 3. The molecule has 1 atom stereocenters. The van der Waals surface area contributed by atoms with Crippen LogP contribution in [0.4, 0.5) is 13.2 Å². The Morgan fingerprint density at radius 2 is 1.94 bits per heavy atom.